The van der Waals surface area contributed by atoms with Crippen molar-refractivity contribution in [1.82, 2.24) is 15.5 Å². The monoisotopic (exact) mass is 542 g/mol. The van der Waals surface area contributed by atoms with Gasteiger partial charge in [-0.2, -0.15) is 0 Å². The van der Waals surface area contributed by atoms with E-state index in [1.807, 2.05) is 42.5 Å². The van der Waals surface area contributed by atoms with Crippen LogP contribution in [0.4, 0.5) is 0 Å². The molecule has 2 aromatic carbocycles. The van der Waals surface area contributed by atoms with E-state index in [0.29, 0.717) is 5.56 Å². The maximum absolute atomic E-state index is 12.1. The molecule has 1 amide bonds. The number of amides is 1. The van der Waals surface area contributed by atoms with Gasteiger partial charge in [0.05, 0.1) is 0 Å². The Bertz CT molecular complexity index is 868. The third-order valence-electron chi connectivity index (χ3n) is 4.81. The summed E-state index contributed by atoms with van der Waals surface area (Å²) < 4.78 is 0. The standard InChI is InChI=1S/C23H31ClN4O.HI/c1-23(2,19-10-7-11-20(24)15-19)16-27-22(25-3)26-13-12-17-8-6-9-18(14-17)21(29)28(4)5;/h6-11,14-15H,12-13,16H2,1-5H3,(H2,25,26,27);1H. The summed E-state index contributed by atoms with van der Waals surface area (Å²) in [5, 5.41) is 7.48. The van der Waals surface area contributed by atoms with Gasteiger partial charge in [0.15, 0.2) is 5.96 Å². The van der Waals surface area contributed by atoms with Crippen LogP contribution >= 0.6 is 35.6 Å². The number of carbonyl (C=O) groups excluding carboxylic acids is 1. The van der Waals surface area contributed by atoms with Gasteiger partial charge < -0.3 is 15.5 Å². The van der Waals surface area contributed by atoms with Crippen molar-refractivity contribution in [2.75, 3.05) is 34.2 Å². The largest absolute Gasteiger partial charge is 0.356 e. The highest BCUT2D eigenvalue weighted by Gasteiger charge is 2.21. The molecule has 5 nitrogen and oxygen atoms in total. The molecule has 0 unspecified atom stereocenters. The summed E-state index contributed by atoms with van der Waals surface area (Å²) in [5.74, 6) is 0.765. The van der Waals surface area contributed by atoms with Gasteiger partial charge in [0.1, 0.15) is 0 Å². The molecule has 0 spiro atoms. The zero-order chi connectivity index (χ0) is 21.4. The molecule has 0 atom stereocenters. The van der Waals surface area contributed by atoms with Crippen molar-refractivity contribution in [1.29, 1.82) is 0 Å². The average molecular weight is 543 g/mol. The van der Waals surface area contributed by atoms with Crippen molar-refractivity contribution in [3.05, 3.63) is 70.2 Å². The minimum absolute atomic E-state index is 0. The number of aliphatic imine (C=N–C) groups is 1. The first-order valence-corrected chi connectivity index (χ1v) is 10.1. The first-order chi connectivity index (χ1) is 13.7. The van der Waals surface area contributed by atoms with E-state index in [9.17, 15) is 4.79 Å². The summed E-state index contributed by atoms with van der Waals surface area (Å²) in [5.41, 5.74) is 2.90. The lowest BCUT2D eigenvalue weighted by molar-refractivity contribution is 0.0827. The zero-order valence-corrected chi connectivity index (χ0v) is 21.4. The van der Waals surface area contributed by atoms with Crippen LogP contribution in [0, 0.1) is 0 Å². The number of rotatable bonds is 7. The molecule has 7 heteroatoms. The molecular formula is C23H32ClIN4O. The van der Waals surface area contributed by atoms with Gasteiger partial charge in [0.2, 0.25) is 0 Å². The molecule has 30 heavy (non-hydrogen) atoms. The molecule has 2 aromatic rings. The summed E-state index contributed by atoms with van der Waals surface area (Å²) in [6.07, 6.45) is 0.799. The van der Waals surface area contributed by atoms with E-state index in [1.165, 1.54) is 5.56 Å². The Labute approximate surface area is 202 Å². The van der Waals surface area contributed by atoms with Crippen LogP contribution in [-0.2, 0) is 11.8 Å². The minimum Gasteiger partial charge on any atom is -0.356 e. The van der Waals surface area contributed by atoms with E-state index < -0.39 is 0 Å². The van der Waals surface area contributed by atoms with E-state index in [2.05, 4.69) is 35.5 Å². The van der Waals surface area contributed by atoms with Gasteiger partial charge in [-0.05, 0) is 41.8 Å². The fraction of sp³-hybridized carbons (Fsp3) is 0.391. The van der Waals surface area contributed by atoms with Crippen LogP contribution in [0.3, 0.4) is 0 Å². The third-order valence-corrected chi connectivity index (χ3v) is 5.05. The summed E-state index contributed by atoms with van der Waals surface area (Å²) in [4.78, 5) is 18.0. The molecule has 0 bridgehead atoms. The van der Waals surface area contributed by atoms with Gasteiger partial charge in [0, 0.05) is 50.2 Å². The molecular weight excluding hydrogens is 511 g/mol. The third kappa shape index (κ3) is 7.80. The molecule has 0 aliphatic rings. The van der Waals surface area contributed by atoms with Crippen molar-refractivity contribution in [3.8, 4) is 0 Å². The van der Waals surface area contributed by atoms with Crippen LogP contribution in [-0.4, -0.2) is 51.0 Å². The topological polar surface area (TPSA) is 56.7 Å². The van der Waals surface area contributed by atoms with Crippen LogP contribution in [0.2, 0.25) is 5.02 Å². The van der Waals surface area contributed by atoms with Gasteiger partial charge in [-0.1, -0.05) is 49.7 Å². The minimum atomic E-state index is -0.0939. The molecule has 0 heterocycles. The molecule has 0 aliphatic carbocycles. The van der Waals surface area contributed by atoms with Crippen molar-refractivity contribution in [3.63, 3.8) is 0 Å². The van der Waals surface area contributed by atoms with Crippen LogP contribution in [0.1, 0.15) is 35.3 Å². The predicted molar refractivity (Wildman–Crippen MR) is 137 cm³/mol. The molecule has 0 aliphatic heterocycles. The second kappa shape index (κ2) is 12.2. The number of carbonyl (C=O) groups is 1. The van der Waals surface area contributed by atoms with E-state index >= 15 is 0 Å². The maximum atomic E-state index is 12.1. The lowest BCUT2D eigenvalue weighted by atomic mass is 9.84. The lowest BCUT2D eigenvalue weighted by Gasteiger charge is -2.27. The van der Waals surface area contributed by atoms with Crippen molar-refractivity contribution >= 4 is 47.4 Å². The fourth-order valence-corrected chi connectivity index (χ4v) is 3.17. The number of nitrogens with zero attached hydrogens (tertiary/aromatic N) is 2. The summed E-state index contributed by atoms with van der Waals surface area (Å²) in [6, 6.07) is 15.7. The molecule has 164 valence electrons. The number of halogens is 2. The van der Waals surface area contributed by atoms with Crippen LogP contribution in [0.15, 0.2) is 53.5 Å². The van der Waals surface area contributed by atoms with Gasteiger partial charge in [-0.15, -0.1) is 24.0 Å². The second-order valence-corrected chi connectivity index (χ2v) is 8.33. The Hall–Kier alpha value is -1.80. The quantitative estimate of drug-likeness (QED) is 0.311. The number of guanidine groups is 1. The Morgan fingerprint density at radius 1 is 1.10 bits per heavy atom. The second-order valence-electron chi connectivity index (χ2n) is 7.90. The molecule has 0 aromatic heterocycles. The summed E-state index contributed by atoms with van der Waals surface area (Å²) in [6.45, 7) is 5.79. The lowest BCUT2D eigenvalue weighted by Crippen LogP contribution is -2.44. The van der Waals surface area contributed by atoms with E-state index in [4.69, 9.17) is 11.6 Å². The Balaban J connectivity index is 0.00000450. The fourth-order valence-electron chi connectivity index (χ4n) is 2.98. The van der Waals surface area contributed by atoms with E-state index in [-0.39, 0.29) is 35.3 Å². The molecule has 2 N–H and O–H groups in total. The maximum Gasteiger partial charge on any atom is 0.253 e. The van der Waals surface area contributed by atoms with Gasteiger partial charge in [0.25, 0.3) is 5.91 Å². The molecule has 0 saturated carbocycles. The molecule has 2 rings (SSSR count). The zero-order valence-electron chi connectivity index (χ0n) is 18.3. The molecule has 0 saturated heterocycles. The molecule has 0 radical (unpaired) electrons. The number of hydrogen-bond acceptors (Lipinski definition) is 2. The number of hydrogen-bond donors (Lipinski definition) is 2. The molecule has 0 fully saturated rings. The predicted octanol–water partition coefficient (Wildman–Crippen LogP) is 4.35. The summed E-state index contributed by atoms with van der Waals surface area (Å²) >= 11 is 6.14. The highest BCUT2D eigenvalue weighted by Crippen LogP contribution is 2.24. The van der Waals surface area contributed by atoms with Crippen LogP contribution in [0.5, 0.6) is 0 Å². The summed E-state index contributed by atoms with van der Waals surface area (Å²) in [7, 11) is 5.28. The first kappa shape index (κ1) is 26.2. The SMILES string of the molecule is CN=C(NCCc1cccc(C(=O)N(C)C)c1)NCC(C)(C)c1cccc(Cl)c1.I. The highest BCUT2D eigenvalue weighted by molar-refractivity contribution is 14.0. The van der Waals surface area contributed by atoms with Crippen LogP contribution < -0.4 is 10.6 Å². The highest BCUT2D eigenvalue weighted by atomic mass is 127. The Morgan fingerprint density at radius 3 is 2.43 bits per heavy atom. The van der Waals surface area contributed by atoms with Crippen molar-refractivity contribution in [2.24, 2.45) is 4.99 Å². The Kier molecular flexibility index (Phi) is 10.6. The average Bonchev–Trinajstić information content (AvgIpc) is 2.70. The van der Waals surface area contributed by atoms with Gasteiger partial charge in [-0.3, -0.25) is 9.79 Å². The number of nitrogens with one attached hydrogen (secondary N) is 2. The first-order valence-electron chi connectivity index (χ1n) is 9.74. The Morgan fingerprint density at radius 2 is 1.80 bits per heavy atom. The van der Waals surface area contributed by atoms with Crippen LogP contribution in [0.25, 0.3) is 0 Å². The van der Waals surface area contributed by atoms with E-state index in [1.54, 1.807) is 26.0 Å². The van der Waals surface area contributed by atoms with Gasteiger partial charge >= 0.3 is 0 Å². The van der Waals surface area contributed by atoms with Crippen molar-refractivity contribution < 1.29 is 4.79 Å². The van der Waals surface area contributed by atoms with E-state index in [0.717, 1.165) is 36.1 Å². The van der Waals surface area contributed by atoms with Gasteiger partial charge in [-0.25, -0.2) is 0 Å². The van der Waals surface area contributed by atoms with Crippen molar-refractivity contribution in [2.45, 2.75) is 25.7 Å². The normalized spacial score (nSPS) is 11.5. The number of benzene rings is 2. The smallest absolute Gasteiger partial charge is 0.253 e.